The molecule has 0 aromatic carbocycles. The maximum Gasteiger partial charge on any atom is 0.255 e. The summed E-state index contributed by atoms with van der Waals surface area (Å²) in [6, 6.07) is 2.89. The molecule has 2 aliphatic rings. The first kappa shape index (κ1) is 16.2. The highest BCUT2D eigenvalue weighted by molar-refractivity contribution is 5.93. The van der Waals surface area contributed by atoms with E-state index >= 15 is 0 Å². The molecule has 0 bridgehead atoms. The van der Waals surface area contributed by atoms with E-state index in [1.165, 1.54) is 18.3 Å². The van der Waals surface area contributed by atoms with Crippen molar-refractivity contribution in [3.8, 4) is 0 Å². The van der Waals surface area contributed by atoms with Gasteiger partial charge in [0.15, 0.2) is 0 Å². The molecule has 0 radical (unpaired) electrons. The topological polar surface area (TPSA) is 109 Å². The molecule has 3 rings (SSSR count). The number of rotatable bonds is 4. The van der Waals surface area contributed by atoms with Crippen LogP contribution in [0.2, 0.25) is 0 Å². The zero-order valence-corrected chi connectivity index (χ0v) is 13.0. The number of piperidine rings is 1. The maximum atomic E-state index is 12.5. The third-order valence-electron chi connectivity index (χ3n) is 5.19. The van der Waals surface area contributed by atoms with Gasteiger partial charge in [0.1, 0.15) is 0 Å². The summed E-state index contributed by atoms with van der Waals surface area (Å²) < 4.78 is 5.76. The number of amides is 1. The Labute approximate surface area is 134 Å². The van der Waals surface area contributed by atoms with Crippen LogP contribution in [0.4, 0.5) is 0 Å². The number of pyridine rings is 1. The number of aromatic nitrogens is 1. The number of likely N-dealkylation sites (tertiary alicyclic amines) is 1. The fraction of sp³-hybridized carbons (Fsp3) is 0.625. The minimum absolute atomic E-state index is 0.0337. The van der Waals surface area contributed by atoms with Gasteiger partial charge in [-0.1, -0.05) is 0 Å². The molecule has 0 unspecified atom stereocenters. The molecule has 2 atom stereocenters. The van der Waals surface area contributed by atoms with Crippen LogP contribution in [-0.2, 0) is 4.74 Å². The number of nitrogens with one attached hydrogen (secondary N) is 1. The number of aliphatic hydroxyl groups excluding tert-OH is 1. The molecule has 7 heteroatoms. The molecule has 1 spiro atoms. The molecule has 1 saturated carbocycles. The number of hydrogen-bond acceptors (Lipinski definition) is 5. The van der Waals surface area contributed by atoms with E-state index in [0.717, 1.165) is 12.8 Å². The van der Waals surface area contributed by atoms with Crippen molar-refractivity contribution >= 4 is 5.91 Å². The minimum atomic E-state index is -0.365. The van der Waals surface area contributed by atoms with E-state index in [2.05, 4.69) is 4.98 Å². The van der Waals surface area contributed by atoms with E-state index in [-0.39, 0.29) is 29.1 Å². The molecule has 2 fully saturated rings. The van der Waals surface area contributed by atoms with Gasteiger partial charge in [-0.3, -0.25) is 9.59 Å². The number of aliphatic hydroxyl groups is 1. The predicted octanol–water partition coefficient (Wildman–Crippen LogP) is -0.294. The first-order chi connectivity index (χ1) is 11.1. The largest absolute Gasteiger partial charge is 0.392 e. The first-order valence-electron chi connectivity index (χ1n) is 8.04. The van der Waals surface area contributed by atoms with Crippen molar-refractivity contribution in [3.63, 3.8) is 0 Å². The highest BCUT2D eigenvalue weighted by Crippen LogP contribution is 2.51. The standard InChI is InChI=1S/C16H23N3O4/c17-5-8-23-13-9-12(20)16(13)3-6-19(7-4-16)15(22)11-1-2-14(21)18-10-11/h1-2,10,12-13,20H,3-9,17H2,(H,18,21)/t12-,13+/m1/s1. The molecule has 126 valence electrons. The Morgan fingerprint density at radius 3 is 2.74 bits per heavy atom. The van der Waals surface area contributed by atoms with E-state index in [0.29, 0.717) is 38.2 Å². The van der Waals surface area contributed by atoms with Crippen molar-refractivity contribution < 1.29 is 14.6 Å². The van der Waals surface area contributed by atoms with Crippen molar-refractivity contribution in [1.29, 1.82) is 0 Å². The fourth-order valence-electron chi connectivity index (χ4n) is 3.68. The molecular weight excluding hydrogens is 298 g/mol. The molecular formula is C16H23N3O4. The minimum Gasteiger partial charge on any atom is -0.392 e. The van der Waals surface area contributed by atoms with Crippen molar-refractivity contribution in [2.24, 2.45) is 11.1 Å². The lowest BCUT2D eigenvalue weighted by molar-refractivity contribution is -0.207. The zero-order chi connectivity index (χ0) is 16.4. The Balaban J connectivity index is 1.62. The zero-order valence-electron chi connectivity index (χ0n) is 13.0. The second-order valence-corrected chi connectivity index (χ2v) is 6.37. The lowest BCUT2D eigenvalue weighted by atomic mass is 9.58. The van der Waals surface area contributed by atoms with Gasteiger partial charge in [0, 0.05) is 43.7 Å². The van der Waals surface area contributed by atoms with E-state index < -0.39 is 0 Å². The molecule has 1 saturated heterocycles. The normalized spacial score (nSPS) is 26.1. The average Bonchev–Trinajstić information content (AvgIpc) is 2.58. The van der Waals surface area contributed by atoms with Crippen molar-refractivity contribution in [1.82, 2.24) is 9.88 Å². The summed E-state index contributed by atoms with van der Waals surface area (Å²) in [5, 5.41) is 10.2. The summed E-state index contributed by atoms with van der Waals surface area (Å²) in [4.78, 5) is 27.8. The molecule has 1 aliphatic heterocycles. The van der Waals surface area contributed by atoms with Gasteiger partial charge < -0.3 is 25.5 Å². The van der Waals surface area contributed by atoms with E-state index in [9.17, 15) is 14.7 Å². The SMILES string of the molecule is NCCO[C@H]1C[C@@H](O)C12CCN(C(=O)c1ccc(=O)[nH]c1)CC2. The number of H-pyrrole nitrogens is 1. The fourth-order valence-corrected chi connectivity index (χ4v) is 3.68. The molecule has 4 N–H and O–H groups in total. The van der Waals surface area contributed by atoms with Crippen LogP contribution in [0.3, 0.4) is 0 Å². The van der Waals surface area contributed by atoms with Crippen LogP contribution in [0, 0.1) is 5.41 Å². The van der Waals surface area contributed by atoms with Crippen LogP contribution in [0.15, 0.2) is 23.1 Å². The summed E-state index contributed by atoms with van der Waals surface area (Å²) in [6.45, 7) is 2.13. The van der Waals surface area contributed by atoms with Crippen LogP contribution in [0.25, 0.3) is 0 Å². The number of ether oxygens (including phenoxy) is 1. The summed E-state index contributed by atoms with van der Waals surface area (Å²) in [7, 11) is 0. The molecule has 2 heterocycles. The molecule has 7 nitrogen and oxygen atoms in total. The Bertz CT molecular complexity index is 602. The number of carbonyl (C=O) groups excluding carboxylic acids is 1. The lowest BCUT2D eigenvalue weighted by Crippen LogP contribution is -2.62. The Morgan fingerprint density at radius 1 is 1.43 bits per heavy atom. The van der Waals surface area contributed by atoms with Gasteiger partial charge in [-0.25, -0.2) is 0 Å². The molecule has 1 aromatic heterocycles. The quantitative estimate of drug-likeness (QED) is 0.706. The van der Waals surface area contributed by atoms with Gasteiger partial charge in [0.05, 0.1) is 24.4 Å². The van der Waals surface area contributed by atoms with Gasteiger partial charge in [0.2, 0.25) is 5.56 Å². The Morgan fingerprint density at radius 2 is 2.17 bits per heavy atom. The van der Waals surface area contributed by atoms with Crippen LogP contribution in [-0.4, -0.2) is 59.3 Å². The lowest BCUT2D eigenvalue weighted by Gasteiger charge is -2.56. The average molecular weight is 321 g/mol. The van der Waals surface area contributed by atoms with Gasteiger partial charge in [0.25, 0.3) is 5.91 Å². The van der Waals surface area contributed by atoms with Crippen molar-refractivity contribution in [2.45, 2.75) is 31.5 Å². The van der Waals surface area contributed by atoms with Crippen LogP contribution in [0.5, 0.6) is 0 Å². The monoisotopic (exact) mass is 321 g/mol. The van der Waals surface area contributed by atoms with E-state index in [4.69, 9.17) is 10.5 Å². The summed E-state index contributed by atoms with van der Waals surface area (Å²) >= 11 is 0. The predicted molar refractivity (Wildman–Crippen MR) is 84.1 cm³/mol. The van der Waals surface area contributed by atoms with Gasteiger partial charge in [-0.05, 0) is 18.9 Å². The second kappa shape index (κ2) is 6.43. The first-order valence-corrected chi connectivity index (χ1v) is 8.04. The van der Waals surface area contributed by atoms with Gasteiger partial charge in [-0.2, -0.15) is 0 Å². The molecule has 1 aromatic rings. The number of carbonyl (C=O) groups is 1. The Hall–Kier alpha value is -1.70. The van der Waals surface area contributed by atoms with Crippen LogP contribution in [0.1, 0.15) is 29.6 Å². The van der Waals surface area contributed by atoms with E-state index in [1.54, 1.807) is 4.90 Å². The second-order valence-electron chi connectivity index (χ2n) is 6.37. The van der Waals surface area contributed by atoms with Gasteiger partial charge >= 0.3 is 0 Å². The van der Waals surface area contributed by atoms with E-state index in [1.807, 2.05) is 0 Å². The third-order valence-corrected chi connectivity index (χ3v) is 5.19. The smallest absolute Gasteiger partial charge is 0.255 e. The third kappa shape index (κ3) is 2.91. The summed E-state index contributed by atoms with van der Waals surface area (Å²) in [5.41, 5.74) is 5.49. The van der Waals surface area contributed by atoms with Crippen LogP contribution >= 0.6 is 0 Å². The number of nitrogens with zero attached hydrogens (tertiary/aromatic N) is 1. The maximum absolute atomic E-state index is 12.5. The van der Waals surface area contributed by atoms with Crippen molar-refractivity contribution in [2.75, 3.05) is 26.2 Å². The number of hydrogen-bond donors (Lipinski definition) is 3. The number of aromatic amines is 1. The summed E-state index contributed by atoms with van der Waals surface area (Å²) in [5.74, 6) is -0.0932. The Kier molecular flexibility index (Phi) is 4.52. The summed E-state index contributed by atoms with van der Waals surface area (Å²) in [6.07, 6.45) is 3.20. The van der Waals surface area contributed by atoms with Crippen LogP contribution < -0.4 is 11.3 Å². The molecule has 1 aliphatic carbocycles. The van der Waals surface area contributed by atoms with Crippen molar-refractivity contribution in [3.05, 3.63) is 34.2 Å². The molecule has 23 heavy (non-hydrogen) atoms. The highest BCUT2D eigenvalue weighted by atomic mass is 16.5. The highest BCUT2D eigenvalue weighted by Gasteiger charge is 2.56. The van der Waals surface area contributed by atoms with Gasteiger partial charge in [-0.15, -0.1) is 0 Å². The molecule has 1 amide bonds. The number of nitrogens with two attached hydrogens (primary N) is 1.